The van der Waals surface area contributed by atoms with Gasteiger partial charge in [0, 0.05) is 11.1 Å². The Balaban J connectivity index is 3.31. The molecule has 1 rings (SSSR count). The Morgan fingerprint density at radius 1 is 1.60 bits per heavy atom. The third-order valence-electron chi connectivity index (χ3n) is 1.88. The van der Waals surface area contributed by atoms with Crippen molar-refractivity contribution < 1.29 is 14.1 Å². The normalized spacial score (nSPS) is 10.1. The summed E-state index contributed by atoms with van der Waals surface area (Å²) in [5.41, 5.74) is -0.458. The van der Waals surface area contributed by atoms with Gasteiger partial charge in [-0.15, -0.1) is 11.6 Å². The van der Waals surface area contributed by atoms with Crippen molar-refractivity contribution in [3.05, 3.63) is 39.2 Å². The second kappa shape index (κ2) is 4.35. The van der Waals surface area contributed by atoms with Crippen LogP contribution in [-0.4, -0.2) is 16.6 Å². The van der Waals surface area contributed by atoms with Crippen molar-refractivity contribution in [3.8, 4) is 0 Å². The zero-order valence-electron chi connectivity index (χ0n) is 7.79. The summed E-state index contributed by atoms with van der Waals surface area (Å²) in [7, 11) is 0. The van der Waals surface area contributed by atoms with Crippen LogP contribution in [0.1, 0.15) is 15.9 Å². The number of ketones is 1. The van der Waals surface area contributed by atoms with Crippen molar-refractivity contribution in [1.29, 1.82) is 0 Å². The second-order valence-electron chi connectivity index (χ2n) is 2.94. The Labute approximate surface area is 89.8 Å². The van der Waals surface area contributed by atoms with Gasteiger partial charge in [-0.05, 0) is 19.1 Å². The predicted octanol–water partition coefficient (Wildman–Crippen LogP) is 2.46. The molecular weight excluding hydrogens is 225 g/mol. The van der Waals surface area contributed by atoms with Crippen molar-refractivity contribution in [2.45, 2.75) is 6.92 Å². The number of rotatable bonds is 3. The van der Waals surface area contributed by atoms with Gasteiger partial charge in [0.2, 0.25) is 5.82 Å². The van der Waals surface area contributed by atoms with E-state index in [2.05, 4.69) is 0 Å². The molecule has 4 nitrogen and oxygen atoms in total. The molecule has 0 unspecified atom stereocenters. The molecule has 0 bridgehead atoms. The first kappa shape index (κ1) is 11.6. The first-order chi connectivity index (χ1) is 6.97. The fourth-order valence-electron chi connectivity index (χ4n) is 1.21. The van der Waals surface area contributed by atoms with Crippen LogP contribution in [0.3, 0.4) is 0 Å². The van der Waals surface area contributed by atoms with E-state index in [-0.39, 0.29) is 17.0 Å². The zero-order chi connectivity index (χ0) is 11.6. The van der Waals surface area contributed by atoms with E-state index in [9.17, 15) is 19.3 Å². The lowest BCUT2D eigenvalue weighted by atomic mass is 10.1. The number of halogens is 2. The largest absolute Gasteiger partial charge is 0.307 e. The summed E-state index contributed by atoms with van der Waals surface area (Å²) in [6, 6.07) is 2.09. The first-order valence-electron chi connectivity index (χ1n) is 4.01. The lowest BCUT2D eigenvalue weighted by Gasteiger charge is -2.02. The lowest BCUT2D eigenvalue weighted by Crippen LogP contribution is -2.04. The predicted molar refractivity (Wildman–Crippen MR) is 52.8 cm³/mol. The van der Waals surface area contributed by atoms with Crippen LogP contribution in [0, 0.1) is 22.9 Å². The van der Waals surface area contributed by atoms with Crippen molar-refractivity contribution in [2.75, 3.05) is 5.88 Å². The van der Waals surface area contributed by atoms with Crippen LogP contribution in [0.25, 0.3) is 0 Å². The van der Waals surface area contributed by atoms with Gasteiger partial charge in [0.25, 0.3) is 0 Å². The van der Waals surface area contributed by atoms with Gasteiger partial charge in [0.15, 0.2) is 5.78 Å². The molecule has 0 fully saturated rings. The average molecular weight is 232 g/mol. The molecule has 6 heteroatoms. The highest BCUT2D eigenvalue weighted by Crippen LogP contribution is 2.23. The molecule has 0 saturated carbocycles. The number of aryl methyl sites for hydroxylation is 1. The number of alkyl halides is 1. The van der Waals surface area contributed by atoms with Crippen LogP contribution in [-0.2, 0) is 0 Å². The summed E-state index contributed by atoms with van der Waals surface area (Å²) >= 11 is 5.29. The monoisotopic (exact) mass is 231 g/mol. The number of carbonyl (C=O) groups is 1. The summed E-state index contributed by atoms with van der Waals surface area (Å²) in [5, 5.41) is 10.4. The standard InChI is InChI=1S/C9H7ClFNO3/c1-5-2-6(8(13)4-10)3-7(11)9(5)12(14)15/h2-3H,4H2,1H3. The number of carbonyl (C=O) groups excluding carboxylic acids is 1. The minimum Gasteiger partial charge on any atom is -0.293 e. The lowest BCUT2D eigenvalue weighted by molar-refractivity contribution is -0.388. The molecule has 0 atom stereocenters. The van der Waals surface area contributed by atoms with Crippen molar-refractivity contribution in [2.24, 2.45) is 0 Å². The molecule has 1 aromatic rings. The molecular formula is C9H7ClFNO3. The van der Waals surface area contributed by atoms with Gasteiger partial charge in [-0.1, -0.05) is 0 Å². The minimum atomic E-state index is -1.02. The Kier molecular flexibility index (Phi) is 3.36. The fourth-order valence-corrected chi connectivity index (χ4v) is 1.36. The van der Waals surface area contributed by atoms with Crippen LogP contribution in [0.15, 0.2) is 12.1 Å². The fraction of sp³-hybridized carbons (Fsp3) is 0.222. The Morgan fingerprint density at radius 2 is 2.20 bits per heavy atom. The molecule has 0 radical (unpaired) electrons. The Bertz CT molecular complexity index is 410. The van der Waals surface area contributed by atoms with Gasteiger partial charge in [0.1, 0.15) is 0 Å². The van der Waals surface area contributed by atoms with Gasteiger partial charge < -0.3 is 0 Å². The summed E-state index contributed by atoms with van der Waals surface area (Å²) in [4.78, 5) is 20.8. The van der Waals surface area contributed by atoms with E-state index in [4.69, 9.17) is 11.6 Å². The molecule has 15 heavy (non-hydrogen) atoms. The van der Waals surface area contributed by atoms with Gasteiger partial charge in [-0.2, -0.15) is 4.39 Å². The number of hydrogen-bond donors (Lipinski definition) is 0. The highest BCUT2D eigenvalue weighted by atomic mass is 35.5. The SMILES string of the molecule is Cc1cc(C(=O)CCl)cc(F)c1[N+](=O)[O-]. The molecule has 80 valence electrons. The number of nitro benzene ring substituents is 1. The molecule has 0 spiro atoms. The molecule has 0 aliphatic rings. The van der Waals surface area contributed by atoms with Crippen molar-refractivity contribution >= 4 is 23.1 Å². The maximum Gasteiger partial charge on any atom is 0.307 e. The maximum atomic E-state index is 13.2. The number of Topliss-reactive ketones (excluding diaryl/α,β-unsaturated/α-hetero) is 1. The van der Waals surface area contributed by atoms with E-state index in [1.165, 1.54) is 13.0 Å². The van der Waals surface area contributed by atoms with E-state index in [0.29, 0.717) is 0 Å². The van der Waals surface area contributed by atoms with E-state index in [1.807, 2.05) is 0 Å². The van der Waals surface area contributed by atoms with Crippen molar-refractivity contribution in [3.63, 3.8) is 0 Å². The summed E-state index contributed by atoms with van der Waals surface area (Å²) in [6.07, 6.45) is 0. The highest BCUT2D eigenvalue weighted by Gasteiger charge is 2.20. The maximum absolute atomic E-state index is 13.2. The number of nitro groups is 1. The third-order valence-corrected chi connectivity index (χ3v) is 2.12. The molecule has 0 amide bonds. The quantitative estimate of drug-likeness (QED) is 0.347. The molecule has 0 saturated heterocycles. The minimum absolute atomic E-state index is 0.0469. The summed E-state index contributed by atoms with van der Waals surface area (Å²) < 4.78 is 13.2. The molecule has 0 aliphatic carbocycles. The summed E-state index contributed by atoms with van der Waals surface area (Å²) in [6.45, 7) is 1.37. The molecule has 0 N–H and O–H groups in total. The second-order valence-corrected chi connectivity index (χ2v) is 3.20. The molecule has 0 heterocycles. The number of hydrogen-bond acceptors (Lipinski definition) is 3. The number of benzene rings is 1. The summed E-state index contributed by atoms with van der Waals surface area (Å²) in [5.74, 6) is -1.77. The van der Waals surface area contributed by atoms with E-state index in [0.717, 1.165) is 6.07 Å². The van der Waals surface area contributed by atoms with Crippen LogP contribution < -0.4 is 0 Å². The number of nitrogens with zero attached hydrogens (tertiary/aromatic N) is 1. The average Bonchev–Trinajstić information content (AvgIpc) is 2.14. The first-order valence-corrected chi connectivity index (χ1v) is 4.54. The van der Waals surface area contributed by atoms with Gasteiger partial charge in [-0.25, -0.2) is 0 Å². The van der Waals surface area contributed by atoms with Crippen LogP contribution in [0.5, 0.6) is 0 Å². The Hall–Kier alpha value is -1.49. The zero-order valence-corrected chi connectivity index (χ0v) is 8.55. The molecule has 0 aliphatic heterocycles. The van der Waals surface area contributed by atoms with Crippen LogP contribution >= 0.6 is 11.6 Å². The van der Waals surface area contributed by atoms with Gasteiger partial charge >= 0.3 is 5.69 Å². The van der Waals surface area contributed by atoms with Crippen LogP contribution in [0.4, 0.5) is 10.1 Å². The van der Waals surface area contributed by atoms with Crippen molar-refractivity contribution in [1.82, 2.24) is 0 Å². The van der Waals surface area contributed by atoms with Gasteiger partial charge in [0.05, 0.1) is 10.8 Å². The van der Waals surface area contributed by atoms with E-state index >= 15 is 0 Å². The topological polar surface area (TPSA) is 60.2 Å². The van der Waals surface area contributed by atoms with Crippen LogP contribution in [0.2, 0.25) is 0 Å². The van der Waals surface area contributed by atoms with E-state index in [1.54, 1.807) is 0 Å². The smallest absolute Gasteiger partial charge is 0.293 e. The van der Waals surface area contributed by atoms with E-state index < -0.39 is 22.2 Å². The Morgan fingerprint density at radius 3 is 2.60 bits per heavy atom. The highest BCUT2D eigenvalue weighted by molar-refractivity contribution is 6.30. The molecule has 0 aromatic heterocycles. The van der Waals surface area contributed by atoms with Gasteiger partial charge in [-0.3, -0.25) is 14.9 Å². The molecule has 1 aromatic carbocycles. The third kappa shape index (κ3) is 2.30.